The van der Waals surface area contributed by atoms with Gasteiger partial charge in [0, 0.05) is 31.2 Å². The molecule has 1 amide bonds. The first-order valence-electron chi connectivity index (χ1n) is 5.36. The zero-order valence-corrected chi connectivity index (χ0v) is 11.2. The van der Waals surface area contributed by atoms with Crippen molar-refractivity contribution in [1.82, 2.24) is 5.32 Å². The molecular formula is C11H17N3O3S. The van der Waals surface area contributed by atoms with Gasteiger partial charge in [-0.25, -0.2) is 8.42 Å². The fourth-order valence-electron chi connectivity index (χ4n) is 1.41. The minimum Gasteiger partial charge on any atom is -0.399 e. The molecule has 0 atom stereocenters. The average Bonchev–Trinajstić information content (AvgIpc) is 2.26. The van der Waals surface area contributed by atoms with Crippen LogP contribution in [-0.4, -0.2) is 39.9 Å². The van der Waals surface area contributed by atoms with Gasteiger partial charge in [0.1, 0.15) is 9.84 Å². The molecule has 0 bridgehead atoms. The lowest BCUT2D eigenvalue weighted by Crippen LogP contribution is -2.21. The van der Waals surface area contributed by atoms with Gasteiger partial charge in [-0.3, -0.25) is 4.79 Å². The molecule has 0 saturated heterocycles. The number of nitrogens with two attached hydrogens (primary N) is 1. The minimum absolute atomic E-state index is 0.00498. The van der Waals surface area contributed by atoms with Crippen LogP contribution in [0.1, 0.15) is 10.4 Å². The Morgan fingerprint density at radius 3 is 2.61 bits per heavy atom. The van der Waals surface area contributed by atoms with E-state index in [1.54, 1.807) is 18.2 Å². The van der Waals surface area contributed by atoms with Crippen molar-refractivity contribution in [2.75, 3.05) is 36.7 Å². The minimum atomic E-state index is -3.04. The number of sulfone groups is 1. The monoisotopic (exact) mass is 271 g/mol. The van der Waals surface area contributed by atoms with Gasteiger partial charge in [-0.05, 0) is 18.2 Å². The zero-order chi connectivity index (χ0) is 13.8. The Morgan fingerprint density at radius 2 is 2.06 bits per heavy atom. The number of hydrogen-bond acceptors (Lipinski definition) is 5. The number of carbonyl (C=O) groups excluding carboxylic acids is 1. The highest BCUT2D eigenvalue weighted by Crippen LogP contribution is 2.19. The molecule has 7 heteroatoms. The van der Waals surface area contributed by atoms with E-state index >= 15 is 0 Å². The van der Waals surface area contributed by atoms with Crippen LogP contribution in [0.2, 0.25) is 0 Å². The Kier molecular flexibility index (Phi) is 4.55. The summed E-state index contributed by atoms with van der Waals surface area (Å²) in [5, 5.41) is 5.42. The second-order valence-electron chi connectivity index (χ2n) is 3.94. The number of carbonyl (C=O) groups is 1. The molecule has 1 rings (SSSR count). The predicted octanol–water partition coefficient (Wildman–Crippen LogP) is 0.0849. The van der Waals surface area contributed by atoms with Crippen molar-refractivity contribution in [3.63, 3.8) is 0 Å². The number of hydrogen-bond donors (Lipinski definition) is 3. The van der Waals surface area contributed by atoms with Crippen molar-refractivity contribution in [2.45, 2.75) is 0 Å². The van der Waals surface area contributed by atoms with Gasteiger partial charge in [0.15, 0.2) is 0 Å². The molecule has 0 unspecified atom stereocenters. The van der Waals surface area contributed by atoms with Crippen molar-refractivity contribution in [3.05, 3.63) is 23.8 Å². The van der Waals surface area contributed by atoms with E-state index in [1.807, 2.05) is 0 Å². The van der Waals surface area contributed by atoms with Gasteiger partial charge in [-0.1, -0.05) is 0 Å². The van der Waals surface area contributed by atoms with Crippen LogP contribution in [0.4, 0.5) is 11.4 Å². The number of benzene rings is 1. The average molecular weight is 271 g/mol. The van der Waals surface area contributed by atoms with Crippen LogP contribution < -0.4 is 16.4 Å². The molecule has 0 fully saturated rings. The standard InChI is InChI=1S/C11H17N3O3S/c1-13-11(15)9-4-3-8(12)7-10(9)14-5-6-18(2,16)17/h3-4,7,14H,5-6,12H2,1-2H3,(H,13,15). The maximum absolute atomic E-state index is 11.6. The summed E-state index contributed by atoms with van der Waals surface area (Å²) >= 11 is 0. The second-order valence-corrected chi connectivity index (χ2v) is 6.20. The van der Waals surface area contributed by atoms with E-state index in [2.05, 4.69) is 10.6 Å². The molecule has 0 heterocycles. The summed E-state index contributed by atoms with van der Waals surface area (Å²) in [5.74, 6) is -0.258. The second kappa shape index (κ2) is 5.72. The van der Waals surface area contributed by atoms with Gasteiger partial charge in [0.25, 0.3) is 5.91 Å². The molecule has 0 spiro atoms. The molecule has 18 heavy (non-hydrogen) atoms. The van der Waals surface area contributed by atoms with Crippen LogP contribution in [0.5, 0.6) is 0 Å². The molecule has 1 aromatic carbocycles. The molecule has 0 aromatic heterocycles. The van der Waals surface area contributed by atoms with Crippen molar-refractivity contribution < 1.29 is 13.2 Å². The maximum atomic E-state index is 11.6. The van der Waals surface area contributed by atoms with Crippen LogP contribution >= 0.6 is 0 Å². The van der Waals surface area contributed by atoms with E-state index in [0.29, 0.717) is 16.9 Å². The lowest BCUT2D eigenvalue weighted by atomic mass is 10.1. The summed E-state index contributed by atoms with van der Waals surface area (Å²) < 4.78 is 22.0. The third kappa shape index (κ3) is 4.25. The molecule has 0 aliphatic rings. The van der Waals surface area contributed by atoms with Gasteiger partial charge < -0.3 is 16.4 Å². The van der Waals surface area contributed by atoms with Gasteiger partial charge in [-0.2, -0.15) is 0 Å². The number of nitrogen functional groups attached to an aromatic ring is 1. The molecule has 4 N–H and O–H groups in total. The summed E-state index contributed by atoms with van der Waals surface area (Å²) in [4.78, 5) is 11.6. The highest BCUT2D eigenvalue weighted by Gasteiger charge is 2.10. The zero-order valence-electron chi connectivity index (χ0n) is 10.4. The Morgan fingerprint density at radius 1 is 1.39 bits per heavy atom. The first-order valence-corrected chi connectivity index (χ1v) is 7.43. The quantitative estimate of drug-likeness (QED) is 0.659. The van der Waals surface area contributed by atoms with Crippen LogP contribution in [0, 0.1) is 0 Å². The van der Waals surface area contributed by atoms with E-state index < -0.39 is 9.84 Å². The molecule has 0 aliphatic heterocycles. The summed E-state index contributed by atoms with van der Waals surface area (Å²) in [6.45, 7) is 0.228. The smallest absolute Gasteiger partial charge is 0.253 e. The van der Waals surface area contributed by atoms with E-state index in [-0.39, 0.29) is 18.2 Å². The number of rotatable bonds is 5. The first kappa shape index (κ1) is 14.3. The molecule has 0 radical (unpaired) electrons. The van der Waals surface area contributed by atoms with E-state index in [4.69, 9.17) is 5.73 Å². The largest absolute Gasteiger partial charge is 0.399 e. The Labute approximate surface area is 106 Å². The maximum Gasteiger partial charge on any atom is 0.253 e. The van der Waals surface area contributed by atoms with Gasteiger partial charge in [-0.15, -0.1) is 0 Å². The highest BCUT2D eigenvalue weighted by molar-refractivity contribution is 7.90. The van der Waals surface area contributed by atoms with Gasteiger partial charge >= 0.3 is 0 Å². The highest BCUT2D eigenvalue weighted by atomic mass is 32.2. The molecule has 6 nitrogen and oxygen atoms in total. The van der Waals surface area contributed by atoms with Gasteiger partial charge in [0.05, 0.1) is 11.3 Å². The number of amides is 1. The summed E-state index contributed by atoms with van der Waals surface area (Å²) in [7, 11) is -1.51. The lowest BCUT2D eigenvalue weighted by Gasteiger charge is -2.11. The fraction of sp³-hybridized carbons (Fsp3) is 0.364. The third-order valence-corrected chi connectivity index (χ3v) is 3.25. The molecule has 100 valence electrons. The number of anilines is 2. The van der Waals surface area contributed by atoms with Gasteiger partial charge in [0.2, 0.25) is 0 Å². The topological polar surface area (TPSA) is 101 Å². The molecule has 0 saturated carbocycles. The number of nitrogens with one attached hydrogen (secondary N) is 2. The molecule has 1 aromatic rings. The predicted molar refractivity (Wildman–Crippen MR) is 72.4 cm³/mol. The van der Waals surface area contributed by atoms with E-state index in [9.17, 15) is 13.2 Å². The summed E-state index contributed by atoms with van der Waals surface area (Å²) in [6.07, 6.45) is 1.16. The van der Waals surface area contributed by atoms with Crippen molar-refractivity contribution in [3.8, 4) is 0 Å². The van der Waals surface area contributed by atoms with Crippen LogP contribution in [0.25, 0.3) is 0 Å². The SMILES string of the molecule is CNC(=O)c1ccc(N)cc1NCCS(C)(=O)=O. The van der Waals surface area contributed by atoms with Crippen molar-refractivity contribution >= 4 is 27.1 Å². The van der Waals surface area contributed by atoms with Crippen molar-refractivity contribution in [2.24, 2.45) is 0 Å². The van der Waals surface area contributed by atoms with Crippen molar-refractivity contribution in [1.29, 1.82) is 0 Å². The Hall–Kier alpha value is -1.76. The van der Waals surface area contributed by atoms with E-state index in [0.717, 1.165) is 6.26 Å². The summed E-state index contributed by atoms with van der Waals surface area (Å²) in [6, 6.07) is 4.82. The van der Waals surface area contributed by atoms with E-state index in [1.165, 1.54) is 7.05 Å². The lowest BCUT2D eigenvalue weighted by molar-refractivity contribution is 0.0964. The van der Waals surface area contributed by atoms with Crippen LogP contribution in [0.15, 0.2) is 18.2 Å². The normalized spacial score (nSPS) is 11.0. The fourth-order valence-corrected chi connectivity index (χ4v) is 1.88. The van der Waals surface area contributed by atoms with Crippen LogP contribution in [0.3, 0.4) is 0 Å². The first-order chi connectivity index (χ1) is 8.33. The summed E-state index contributed by atoms with van der Waals surface area (Å²) in [5.41, 5.74) is 7.10. The molecule has 0 aliphatic carbocycles. The molecular weight excluding hydrogens is 254 g/mol. The third-order valence-electron chi connectivity index (χ3n) is 2.30. The Balaban J connectivity index is 2.86. The Bertz CT molecular complexity index is 540. The van der Waals surface area contributed by atoms with Crippen LogP contribution in [-0.2, 0) is 9.84 Å².